The number of hydrogen-bond donors (Lipinski definition) is 1. The van der Waals surface area contributed by atoms with E-state index in [9.17, 15) is 31.2 Å². The van der Waals surface area contributed by atoms with Crippen LogP contribution in [0.1, 0.15) is 25.1 Å². The zero-order valence-electron chi connectivity index (χ0n) is 16.8. The molecule has 1 aromatic carbocycles. The number of hydrogen-bond acceptors (Lipinski definition) is 7. The summed E-state index contributed by atoms with van der Waals surface area (Å²) in [7, 11) is -4.46. The van der Waals surface area contributed by atoms with Crippen LogP contribution in [0.25, 0.3) is 4.96 Å². The summed E-state index contributed by atoms with van der Waals surface area (Å²) in [6.07, 6.45) is -3.18. The van der Waals surface area contributed by atoms with Crippen molar-refractivity contribution in [1.29, 1.82) is 0 Å². The molecule has 172 valence electrons. The number of thiazole rings is 1. The third-order valence-corrected chi connectivity index (χ3v) is 6.59. The number of sulfonamides is 1. The number of alkyl halides is 3. The summed E-state index contributed by atoms with van der Waals surface area (Å²) in [5.41, 5.74) is -1.33. The smallest absolute Gasteiger partial charge is 0.416 e. The van der Waals surface area contributed by atoms with E-state index in [-0.39, 0.29) is 17.9 Å². The van der Waals surface area contributed by atoms with Gasteiger partial charge in [-0.3, -0.25) is 14.0 Å². The van der Waals surface area contributed by atoms with E-state index in [2.05, 4.69) is 9.71 Å². The number of nitrogens with one attached hydrogen (secondary N) is 1. The van der Waals surface area contributed by atoms with Crippen LogP contribution >= 0.6 is 11.3 Å². The van der Waals surface area contributed by atoms with Crippen LogP contribution in [0.15, 0.2) is 51.6 Å². The number of fused-ring (bicyclic) bond motifs is 1. The molecule has 1 atom stereocenters. The van der Waals surface area contributed by atoms with Gasteiger partial charge in [0.25, 0.3) is 5.56 Å². The first-order chi connectivity index (χ1) is 14.9. The van der Waals surface area contributed by atoms with Crippen LogP contribution in [0.2, 0.25) is 0 Å². The van der Waals surface area contributed by atoms with Gasteiger partial charge in [0, 0.05) is 17.6 Å². The molecule has 32 heavy (non-hydrogen) atoms. The molecular formula is C19H18F3N3O5S2. The van der Waals surface area contributed by atoms with Crippen LogP contribution in [0.5, 0.6) is 0 Å². The van der Waals surface area contributed by atoms with E-state index in [1.54, 1.807) is 25.4 Å². The van der Waals surface area contributed by atoms with Gasteiger partial charge in [0.15, 0.2) is 4.96 Å². The number of rotatable bonds is 7. The topological polar surface area (TPSA) is 107 Å². The molecule has 0 aliphatic carbocycles. The molecule has 0 radical (unpaired) electrons. The number of carbonyl (C=O) groups excluding carboxylic acids is 1. The van der Waals surface area contributed by atoms with Crippen LogP contribution in [0, 0.1) is 5.92 Å². The zero-order chi connectivity index (χ0) is 23.7. The van der Waals surface area contributed by atoms with Gasteiger partial charge in [-0.05, 0) is 24.1 Å². The Balaban J connectivity index is 1.77. The summed E-state index contributed by atoms with van der Waals surface area (Å²) in [5, 5.41) is 1.66. The van der Waals surface area contributed by atoms with E-state index >= 15 is 0 Å². The normalized spacial score (nSPS) is 13.4. The predicted molar refractivity (Wildman–Crippen MR) is 110 cm³/mol. The molecule has 1 N–H and O–H groups in total. The van der Waals surface area contributed by atoms with Gasteiger partial charge in [0.1, 0.15) is 12.6 Å². The minimum absolute atomic E-state index is 0.175. The van der Waals surface area contributed by atoms with Crippen molar-refractivity contribution in [3.63, 3.8) is 0 Å². The lowest BCUT2D eigenvalue weighted by molar-refractivity contribution is -0.148. The average molecular weight is 489 g/mol. The second-order valence-corrected chi connectivity index (χ2v) is 9.70. The number of esters is 1. The summed E-state index contributed by atoms with van der Waals surface area (Å²) in [5.74, 6) is -1.54. The van der Waals surface area contributed by atoms with E-state index < -0.39 is 44.6 Å². The Hall–Kier alpha value is -2.77. The molecule has 3 rings (SSSR count). The van der Waals surface area contributed by atoms with Crippen molar-refractivity contribution in [3.05, 3.63) is 63.5 Å². The maximum Gasteiger partial charge on any atom is 0.416 e. The van der Waals surface area contributed by atoms with Crippen molar-refractivity contribution in [2.75, 3.05) is 0 Å². The number of ether oxygens (including phenoxy) is 1. The maximum atomic E-state index is 12.9. The lowest BCUT2D eigenvalue weighted by Gasteiger charge is -2.21. The molecule has 0 bridgehead atoms. The molecule has 0 amide bonds. The van der Waals surface area contributed by atoms with Gasteiger partial charge >= 0.3 is 12.1 Å². The molecule has 2 aromatic heterocycles. The van der Waals surface area contributed by atoms with Gasteiger partial charge < -0.3 is 4.74 Å². The van der Waals surface area contributed by atoms with Crippen molar-refractivity contribution < 1.29 is 31.1 Å². The first kappa shape index (κ1) is 23.9. The summed E-state index contributed by atoms with van der Waals surface area (Å²) in [6, 6.07) is 3.00. The first-order valence-corrected chi connectivity index (χ1v) is 11.6. The van der Waals surface area contributed by atoms with Crippen LogP contribution < -0.4 is 10.3 Å². The minimum atomic E-state index is -4.72. The highest BCUT2D eigenvalue weighted by atomic mass is 32.2. The van der Waals surface area contributed by atoms with Crippen LogP contribution in [0.4, 0.5) is 13.2 Å². The summed E-state index contributed by atoms with van der Waals surface area (Å²) in [4.78, 5) is 28.5. The Morgan fingerprint density at radius 1 is 1.28 bits per heavy atom. The highest BCUT2D eigenvalue weighted by Crippen LogP contribution is 2.30. The molecule has 8 nitrogen and oxygen atoms in total. The van der Waals surface area contributed by atoms with Gasteiger partial charge in [-0.15, -0.1) is 11.3 Å². The largest absolute Gasteiger partial charge is 0.458 e. The molecule has 0 aliphatic rings. The zero-order valence-corrected chi connectivity index (χ0v) is 18.4. The SMILES string of the molecule is CC(C)C(NS(=O)(=O)c1cccc(C(F)(F)F)c1)C(=O)OCc1cc(=O)n2ccsc2n1. The average Bonchev–Trinajstić information content (AvgIpc) is 3.19. The van der Waals surface area contributed by atoms with Crippen LogP contribution in [-0.2, 0) is 32.3 Å². The second-order valence-electron chi connectivity index (χ2n) is 7.12. The van der Waals surface area contributed by atoms with Gasteiger partial charge in [0.05, 0.1) is 16.2 Å². The Morgan fingerprint density at radius 3 is 2.66 bits per heavy atom. The molecule has 3 aromatic rings. The molecule has 1 unspecified atom stereocenters. The van der Waals surface area contributed by atoms with Gasteiger partial charge in [-0.25, -0.2) is 13.4 Å². The Labute approximate surface area is 184 Å². The van der Waals surface area contributed by atoms with Gasteiger partial charge in [-0.2, -0.15) is 17.9 Å². The lowest BCUT2D eigenvalue weighted by atomic mass is 10.1. The molecule has 0 aliphatic heterocycles. The number of nitrogens with zero attached hydrogens (tertiary/aromatic N) is 2. The molecule has 13 heteroatoms. The quantitative estimate of drug-likeness (QED) is 0.512. The van der Waals surface area contributed by atoms with E-state index in [4.69, 9.17) is 4.74 Å². The fraction of sp³-hybridized carbons (Fsp3) is 0.316. The number of aromatic nitrogens is 2. The monoisotopic (exact) mass is 489 g/mol. The summed E-state index contributed by atoms with van der Waals surface area (Å²) < 4.78 is 72.6. The Morgan fingerprint density at radius 2 is 2.00 bits per heavy atom. The fourth-order valence-electron chi connectivity index (χ4n) is 2.73. The van der Waals surface area contributed by atoms with Crippen LogP contribution in [-0.4, -0.2) is 29.8 Å². The number of carbonyl (C=O) groups is 1. The van der Waals surface area contributed by atoms with E-state index in [1.807, 2.05) is 0 Å². The molecular weight excluding hydrogens is 471 g/mol. The summed E-state index contributed by atoms with van der Waals surface area (Å²) >= 11 is 1.21. The Bertz CT molecular complexity index is 1300. The molecule has 2 heterocycles. The predicted octanol–water partition coefficient (Wildman–Crippen LogP) is 2.82. The maximum absolute atomic E-state index is 12.9. The summed E-state index contributed by atoms with van der Waals surface area (Å²) in [6.45, 7) is 2.71. The Kier molecular flexibility index (Phi) is 6.72. The molecule has 0 spiro atoms. The van der Waals surface area contributed by atoms with Gasteiger partial charge in [0.2, 0.25) is 10.0 Å². The number of halogens is 3. The van der Waals surface area contributed by atoms with E-state index in [0.29, 0.717) is 11.0 Å². The third-order valence-electron chi connectivity index (χ3n) is 4.39. The van der Waals surface area contributed by atoms with Crippen LogP contribution in [0.3, 0.4) is 0 Å². The molecule has 0 saturated carbocycles. The first-order valence-electron chi connectivity index (χ1n) is 9.20. The lowest BCUT2D eigenvalue weighted by Crippen LogP contribution is -2.45. The van der Waals surface area contributed by atoms with Crippen molar-refractivity contribution in [2.45, 2.75) is 37.6 Å². The number of benzene rings is 1. The molecule has 0 saturated heterocycles. The highest BCUT2D eigenvalue weighted by molar-refractivity contribution is 7.89. The van der Waals surface area contributed by atoms with E-state index in [0.717, 1.165) is 18.2 Å². The third kappa shape index (κ3) is 5.34. The molecule has 0 fully saturated rings. The highest BCUT2D eigenvalue weighted by Gasteiger charge is 2.34. The van der Waals surface area contributed by atoms with Gasteiger partial charge in [-0.1, -0.05) is 19.9 Å². The standard InChI is InChI=1S/C19H18F3N3O5S2/c1-11(2)16(24-32(28,29)14-5-3-4-12(8-14)19(20,21)22)17(27)30-10-13-9-15(26)25-6-7-31-18(25)23-13/h3-9,11,16,24H,10H2,1-2H3. The fourth-order valence-corrected chi connectivity index (χ4v) is 4.85. The second kappa shape index (κ2) is 9.00. The van der Waals surface area contributed by atoms with E-state index in [1.165, 1.54) is 21.8 Å². The minimum Gasteiger partial charge on any atom is -0.458 e. The van der Waals surface area contributed by atoms with Crippen molar-refractivity contribution >= 4 is 32.3 Å². The van der Waals surface area contributed by atoms with Crippen molar-refractivity contribution in [3.8, 4) is 0 Å². The van der Waals surface area contributed by atoms with Crippen molar-refractivity contribution in [2.24, 2.45) is 5.92 Å². The van der Waals surface area contributed by atoms with Crippen molar-refractivity contribution in [1.82, 2.24) is 14.1 Å².